The van der Waals surface area contributed by atoms with E-state index in [9.17, 15) is 4.79 Å². The summed E-state index contributed by atoms with van der Waals surface area (Å²) in [6.07, 6.45) is 0.723. The van der Waals surface area contributed by atoms with Crippen LogP contribution in [0.4, 0.5) is 16.3 Å². The van der Waals surface area contributed by atoms with Crippen molar-refractivity contribution in [2.75, 3.05) is 18.0 Å². The van der Waals surface area contributed by atoms with Gasteiger partial charge in [0.2, 0.25) is 5.75 Å². The monoisotopic (exact) mass is 356 g/mol. The number of benzene rings is 1. The number of halogens is 2. The Morgan fingerprint density at radius 3 is 2.65 bits per heavy atom. The van der Waals surface area contributed by atoms with Gasteiger partial charge in [-0.05, 0) is 19.1 Å². The Morgan fingerprint density at radius 1 is 1.22 bits per heavy atom. The summed E-state index contributed by atoms with van der Waals surface area (Å²) in [4.78, 5) is 15.5. The largest absolute Gasteiger partial charge is 0.452 e. The van der Waals surface area contributed by atoms with Gasteiger partial charge in [-0.15, -0.1) is 0 Å². The lowest BCUT2D eigenvalue weighted by molar-refractivity contribution is 0.199. The number of ether oxygens (including phenoxy) is 2. The van der Waals surface area contributed by atoms with Crippen LogP contribution in [0.1, 0.15) is 6.92 Å². The first-order chi connectivity index (χ1) is 10.9. The second-order valence-corrected chi connectivity index (χ2v) is 5.08. The highest BCUT2D eigenvalue weighted by molar-refractivity contribution is 6.44. The van der Waals surface area contributed by atoms with Crippen LogP contribution in [0, 0.1) is 0 Å². The van der Waals surface area contributed by atoms with Crippen molar-refractivity contribution in [2.45, 2.75) is 6.92 Å². The molecule has 1 aromatic carbocycles. The minimum absolute atomic E-state index is 0.00795. The van der Waals surface area contributed by atoms with Crippen LogP contribution < -0.4 is 26.3 Å². The van der Waals surface area contributed by atoms with Crippen LogP contribution in [0.25, 0.3) is 0 Å². The first kappa shape index (κ1) is 17.0. The van der Waals surface area contributed by atoms with Gasteiger partial charge in [-0.2, -0.15) is 0 Å². The lowest BCUT2D eigenvalue weighted by Crippen LogP contribution is -2.26. The second kappa shape index (κ2) is 7.26. The van der Waals surface area contributed by atoms with Crippen molar-refractivity contribution in [3.63, 3.8) is 0 Å². The van der Waals surface area contributed by atoms with Crippen LogP contribution >= 0.6 is 23.2 Å². The number of hydrogen-bond acceptors (Lipinski definition) is 6. The minimum atomic E-state index is -0.682. The molecule has 23 heavy (non-hydrogen) atoms. The number of nitrogen functional groups attached to an aromatic ring is 2. The molecule has 0 unspecified atom stereocenters. The fraction of sp³-hybridized carbons (Fsp3) is 0.143. The molecule has 7 nitrogen and oxygen atoms in total. The molecule has 5 N–H and O–H groups in total. The maximum absolute atomic E-state index is 11.6. The lowest BCUT2D eigenvalue weighted by Gasteiger charge is -2.14. The third-order valence-corrected chi connectivity index (χ3v) is 3.59. The van der Waals surface area contributed by atoms with E-state index in [0.717, 1.165) is 0 Å². The van der Waals surface area contributed by atoms with Gasteiger partial charge in [0.1, 0.15) is 10.8 Å². The maximum Gasteiger partial charge on any atom is 0.412 e. The Kier molecular flexibility index (Phi) is 5.36. The van der Waals surface area contributed by atoms with Crippen molar-refractivity contribution in [1.82, 2.24) is 10.3 Å². The highest BCUT2D eigenvalue weighted by atomic mass is 35.5. The fourth-order valence-corrected chi connectivity index (χ4v) is 2.01. The van der Waals surface area contributed by atoms with Crippen LogP contribution in [0.3, 0.4) is 0 Å². The van der Waals surface area contributed by atoms with Crippen LogP contribution in [0.5, 0.6) is 17.2 Å². The molecule has 2 aromatic rings. The molecule has 0 aliphatic heterocycles. The second-order valence-electron chi connectivity index (χ2n) is 4.33. The summed E-state index contributed by atoms with van der Waals surface area (Å²) in [5.41, 5.74) is 11.7. The lowest BCUT2D eigenvalue weighted by atomic mass is 10.3. The van der Waals surface area contributed by atoms with Gasteiger partial charge in [0.15, 0.2) is 11.6 Å². The molecule has 0 atom stereocenters. The molecular weight excluding hydrogens is 343 g/mol. The zero-order valence-electron chi connectivity index (χ0n) is 12.1. The molecule has 0 aliphatic rings. The number of pyridine rings is 1. The first-order valence-electron chi connectivity index (χ1n) is 6.55. The molecule has 0 bridgehead atoms. The fourth-order valence-electron chi connectivity index (χ4n) is 1.65. The Morgan fingerprint density at radius 2 is 1.96 bits per heavy atom. The van der Waals surface area contributed by atoms with E-state index in [2.05, 4.69) is 10.3 Å². The van der Waals surface area contributed by atoms with Crippen LogP contribution in [0.2, 0.25) is 10.0 Å². The summed E-state index contributed by atoms with van der Waals surface area (Å²) in [6, 6.07) is 4.56. The summed E-state index contributed by atoms with van der Waals surface area (Å²) in [5, 5.41) is 2.77. The average molecular weight is 357 g/mol. The van der Waals surface area contributed by atoms with Gasteiger partial charge in [-0.3, -0.25) is 0 Å². The van der Waals surface area contributed by atoms with Gasteiger partial charge in [-0.1, -0.05) is 23.2 Å². The summed E-state index contributed by atoms with van der Waals surface area (Å²) in [7, 11) is 0. The van der Waals surface area contributed by atoms with Crippen molar-refractivity contribution < 1.29 is 14.3 Å². The zero-order chi connectivity index (χ0) is 17.0. The third-order valence-electron chi connectivity index (χ3n) is 2.71. The number of carbonyl (C=O) groups excluding carboxylic acids is 1. The number of rotatable bonds is 4. The molecule has 0 saturated heterocycles. The van der Waals surface area contributed by atoms with E-state index in [4.69, 9.17) is 44.1 Å². The van der Waals surface area contributed by atoms with Crippen LogP contribution in [0.15, 0.2) is 24.4 Å². The minimum Gasteiger partial charge on any atom is -0.452 e. The Hall–Kier alpha value is -2.38. The smallest absolute Gasteiger partial charge is 0.412 e. The van der Waals surface area contributed by atoms with E-state index in [1.165, 1.54) is 18.3 Å². The molecule has 2 rings (SSSR count). The molecular formula is C14H14Cl2N4O3. The number of hydrogen-bond donors (Lipinski definition) is 3. The van der Waals surface area contributed by atoms with Gasteiger partial charge >= 0.3 is 6.09 Å². The quantitative estimate of drug-likeness (QED) is 0.723. The predicted molar refractivity (Wildman–Crippen MR) is 89.3 cm³/mol. The molecule has 0 saturated carbocycles. The van der Waals surface area contributed by atoms with Gasteiger partial charge in [0, 0.05) is 18.8 Å². The van der Waals surface area contributed by atoms with E-state index in [-0.39, 0.29) is 33.1 Å². The SMILES string of the molecule is CCNC(=O)Oc1c(Oc2ccc(N)c(Cl)c2Cl)ccnc1N. The highest BCUT2D eigenvalue weighted by Gasteiger charge is 2.17. The van der Waals surface area contributed by atoms with Gasteiger partial charge in [0.05, 0.1) is 10.7 Å². The van der Waals surface area contributed by atoms with Crippen molar-refractivity contribution in [3.05, 3.63) is 34.4 Å². The van der Waals surface area contributed by atoms with Crippen molar-refractivity contribution in [1.29, 1.82) is 0 Å². The number of nitrogens with zero attached hydrogens (tertiary/aromatic N) is 1. The van der Waals surface area contributed by atoms with Gasteiger partial charge < -0.3 is 26.3 Å². The van der Waals surface area contributed by atoms with Crippen molar-refractivity contribution in [2.24, 2.45) is 0 Å². The molecule has 9 heteroatoms. The molecule has 0 aliphatic carbocycles. The molecule has 122 valence electrons. The molecule has 1 amide bonds. The number of aromatic nitrogens is 1. The molecule has 0 radical (unpaired) electrons. The maximum atomic E-state index is 11.6. The van der Waals surface area contributed by atoms with Crippen LogP contribution in [-0.4, -0.2) is 17.6 Å². The molecule has 1 heterocycles. The Bertz CT molecular complexity index is 740. The average Bonchev–Trinajstić information content (AvgIpc) is 2.51. The van der Waals surface area contributed by atoms with E-state index in [1.54, 1.807) is 13.0 Å². The summed E-state index contributed by atoms with van der Waals surface area (Å²) in [5.74, 6) is 0.359. The van der Waals surface area contributed by atoms with E-state index in [1.807, 2.05) is 0 Å². The number of carbonyl (C=O) groups is 1. The van der Waals surface area contributed by atoms with E-state index >= 15 is 0 Å². The number of nitrogens with one attached hydrogen (secondary N) is 1. The van der Waals surface area contributed by atoms with E-state index < -0.39 is 6.09 Å². The predicted octanol–water partition coefficient (Wildman–Crippen LogP) is 3.45. The van der Waals surface area contributed by atoms with Crippen molar-refractivity contribution >= 4 is 40.8 Å². The number of nitrogens with two attached hydrogens (primary N) is 2. The molecule has 1 aromatic heterocycles. The van der Waals surface area contributed by atoms with Gasteiger partial charge in [-0.25, -0.2) is 9.78 Å². The number of amides is 1. The standard InChI is InChI=1S/C14H14Cl2N4O3/c1-2-19-14(21)23-12-9(5-6-20-13(12)18)22-8-4-3-7(17)10(15)11(8)16/h3-6H,2,17H2,1H3,(H2,18,20)(H,19,21). The summed E-state index contributed by atoms with van der Waals surface area (Å²) in [6.45, 7) is 2.15. The Labute approximate surface area is 142 Å². The summed E-state index contributed by atoms with van der Waals surface area (Å²) < 4.78 is 10.8. The zero-order valence-corrected chi connectivity index (χ0v) is 13.6. The molecule has 0 spiro atoms. The molecule has 0 fully saturated rings. The Balaban J connectivity index is 2.35. The van der Waals surface area contributed by atoms with Gasteiger partial charge in [0.25, 0.3) is 0 Å². The third kappa shape index (κ3) is 3.88. The highest BCUT2D eigenvalue weighted by Crippen LogP contribution is 2.41. The summed E-state index contributed by atoms with van der Waals surface area (Å²) >= 11 is 12.1. The first-order valence-corrected chi connectivity index (χ1v) is 7.31. The van der Waals surface area contributed by atoms with Crippen LogP contribution in [-0.2, 0) is 0 Å². The van der Waals surface area contributed by atoms with Crippen molar-refractivity contribution in [3.8, 4) is 17.2 Å². The normalized spacial score (nSPS) is 10.2. The number of anilines is 2. The topological polar surface area (TPSA) is 112 Å². The van der Waals surface area contributed by atoms with E-state index in [0.29, 0.717) is 12.2 Å².